The molecule has 4 heterocycles. The van der Waals surface area contributed by atoms with Crippen molar-refractivity contribution in [1.82, 2.24) is 25.1 Å². The molecule has 2 aliphatic rings. The van der Waals surface area contributed by atoms with E-state index < -0.39 is 41.8 Å². The molecule has 2 aromatic carbocycles. The van der Waals surface area contributed by atoms with Crippen molar-refractivity contribution in [2.24, 2.45) is 5.41 Å². The van der Waals surface area contributed by atoms with Crippen LogP contribution in [0.2, 0.25) is 0 Å². The van der Waals surface area contributed by atoms with Crippen molar-refractivity contribution in [3.63, 3.8) is 0 Å². The average Bonchev–Trinajstić information content (AvgIpc) is 3.64. The fourth-order valence-electron chi connectivity index (χ4n) is 6.92. The van der Waals surface area contributed by atoms with E-state index >= 15 is 0 Å². The Balaban J connectivity index is 1.31. The Bertz CT molecular complexity index is 1820. The van der Waals surface area contributed by atoms with E-state index in [2.05, 4.69) is 20.4 Å². The van der Waals surface area contributed by atoms with Crippen molar-refractivity contribution in [1.29, 1.82) is 0 Å². The third kappa shape index (κ3) is 6.50. The van der Waals surface area contributed by atoms with Gasteiger partial charge in [0.25, 0.3) is 0 Å². The molecule has 0 amide bonds. The number of rotatable bonds is 8. The molecule has 3 atom stereocenters. The second kappa shape index (κ2) is 12.7. The summed E-state index contributed by atoms with van der Waals surface area (Å²) in [6, 6.07) is 9.53. The number of anilines is 2. The van der Waals surface area contributed by atoms with Gasteiger partial charge < -0.3 is 25.8 Å². The minimum absolute atomic E-state index is 0.00607. The molecule has 254 valence electrons. The Morgan fingerprint density at radius 3 is 2.42 bits per heavy atom. The van der Waals surface area contributed by atoms with E-state index in [4.69, 9.17) is 10.5 Å². The van der Waals surface area contributed by atoms with Crippen LogP contribution in [0.25, 0.3) is 16.8 Å². The molecule has 2 fully saturated rings. The summed E-state index contributed by atoms with van der Waals surface area (Å²) < 4.78 is 79.0. The first-order chi connectivity index (χ1) is 22.8. The molecule has 0 radical (unpaired) electrons. The smallest absolute Gasteiger partial charge is 0.429 e. The summed E-state index contributed by atoms with van der Waals surface area (Å²) >= 11 is 0. The molecular weight excluding hydrogens is 637 g/mol. The topological polar surface area (TPSA) is 131 Å². The summed E-state index contributed by atoms with van der Waals surface area (Å²) in [6.45, 7) is 4.66. The van der Waals surface area contributed by atoms with Crippen LogP contribution < -0.4 is 20.7 Å². The van der Waals surface area contributed by atoms with Gasteiger partial charge in [0, 0.05) is 37.0 Å². The number of benzene rings is 2. The number of carbonyl (C=O) groups is 1. The number of carboxylic acids is 1. The van der Waals surface area contributed by atoms with Crippen LogP contribution in [-0.2, 0) is 4.79 Å². The largest absolute Gasteiger partial charge is 0.480 e. The number of halogens is 5. The van der Waals surface area contributed by atoms with Gasteiger partial charge in [0.05, 0.1) is 11.4 Å². The number of hydrogen-bond acceptors (Lipinski definition) is 8. The highest BCUT2D eigenvalue weighted by molar-refractivity contribution is 5.74. The van der Waals surface area contributed by atoms with Gasteiger partial charge in [-0.2, -0.15) is 28.2 Å². The number of piperidine rings is 1. The summed E-state index contributed by atoms with van der Waals surface area (Å²) in [4.78, 5) is 21.8. The van der Waals surface area contributed by atoms with Crippen molar-refractivity contribution in [3.8, 4) is 22.7 Å². The van der Waals surface area contributed by atoms with E-state index in [1.165, 1.54) is 41.2 Å². The lowest BCUT2D eigenvalue weighted by Gasteiger charge is -2.43. The van der Waals surface area contributed by atoms with Gasteiger partial charge >= 0.3 is 12.1 Å². The maximum Gasteiger partial charge on any atom is 0.429 e. The van der Waals surface area contributed by atoms with Crippen molar-refractivity contribution < 1.29 is 36.6 Å². The van der Waals surface area contributed by atoms with E-state index in [1.807, 2.05) is 11.8 Å². The maximum absolute atomic E-state index is 14.8. The van der Waals surface area contributed by atoms with Crippen LogP contribution in [0.15, 0.2) is 54.7 Å². The molecule has 6 rings (SSSR count). The van der Waals surface area contributed by atoms with Crippen LogP contribution in [0.4, 0.5) is 33.7 Å². The van der Waals surface area contributed by atoms with Crippen LogP contribution in [0.1, 0.15) is 50.0 Å². The first kappa shape index (κ1) is 33.1. The van der Waals surface area contributed by atoms with E-state index in [0.717, 1.165) is 18.6 Å². The van der Waals surface area contributed by atoms with E-state index in [-0.39, 0.29) is 34.2 Å². The standard InChI is InChI=1S/C33H34F5N7O3/c1-3-26-32(17-24(40-26)30(46)47)9-12-44(13-10-32)27-16-28(42-31(39)41-27)48-29(33(36,37)38)21-6-4-20(19-5-7-22(34)23(35)14-19)15-25(21)45-11-8-18(2)43-45/h4-8,11,14-16,24,26,29,40H,3,9-10,12-13,17H2,1-2H3,(H,46,47)(H2,39,41,42)/t24?,26?,29-/m1/s1. The van der Waals surface area contributed by atoms with Crippen molar-refractivity contribution in [3.05, 3.63) is 77.6 Å². The van der Waals surface area contributed by atoms with Gasteiger partial charge in [0.2, 0.25) is 17.9 Å². The number of nitrogens with two attached hydrogens (primary N) is 1. The highest BCUT2D eigenvalue weighted by atomic mass is 19.4. The number of nitrogens with zero attached hydrogens (tertiary/aromatic N) is 5. The number of alkyl halides is 3. The van der Waals surface area contributed by atoms with Crippen LogP contribution in [0, 0.1) is 24.0 Å². The minimum Gasteiger partial charge on any atom is -0.480 e. The van der Waals surface area contributed by atoms with Crippen molar-refractivity contribution in [2.45, 2.75) is 63.9 Å². The summed E-state index contributed by atoms with van der Waals surface area (Å²) in [5.74, 6) is -3.42. The molecule has 0 bridgehead atoms. The van der Waals surface area contributed by atoms with E-state index in [9.17, 15) is 31.9 Å². The normalized spacial score (nSPS) is 19.9. The molecule has 0 aliphatic carbocycles. The van der Waals surface area contributed by atoms with Crippen molar-refractivity contribution in [2.75, 3.05) is 23.7 Å². The van der Waals surface area contributed by atoms with Gasteiger partial charge in [-0.05, 0) is 73.4 Å². The second-order valence-electron chi connectivity index (χ2n) is 12.3. The predicted molar refractivity (Wildman–Crippen MR) is 167 cm³/mol. The number of hydrogen-bond donors (Lipinski definition) is 3. The summed E-state index contributed by atoms with van der Waals surface area (Å²) in [5, 5.41) is 17.1. The Kier molecular flexibility index (Phi) is 8.75. The van der Waals surface area contributed by atoms with Gasteiger partial charge in [-0.25, -0.2) is 13.5 Å². The third-order valence-corrected chi connectivity index (χ3v) is 9.32. The summed E-state index contributed by atoms with van der Waals surface area (Å²) in [7, 11) is 0. The first-order valence-electron chi connectivity index (χ1n) is 15.5. The lowest BCUT2D eigenvalue weighted by Crippen LogP contribution is -2.46. The average molecular weight is 672 g/mol. The first-order valence-corrected chi connectivity index (χ1v) is 15.5. The third-order valence-electron chi connectivity index (χ3n) is 9.32. The Morgan fingerprint density at radius 2 is 1.79 bits per heavy atom. The van der Waals surface area contributed by atoms with Crippen LogP contribution >= 0.6 is 0 Å². The SMILES string of the molecule is CCC1NC(C(=O)O)CC12CCN(c1cc(O[C@H](c3ccc(-c4ccc(F)c(F)c4)cc3-n3ccc(C)n3)C(F)(F)F)nc(N)n1)CC2. The predicted octanol–water partition coefficient (Wildman–Crippen LogP) is 5.99. The highest BCUT2D eigenvalue weighted by Gasteiger charge is 2.50. The van der Waals surface area contributed by atoms with Gasteiger partial charge in [0.1, 0.15) is 11.9 Å². The Labute approximate surface area is 272 Å². The van der Waals surface area contributed by atoms with Gasteiger partial charge in [-0.3, -0.25) is 4.79 Å². The monoisotopic (exact) mass is 671 g/mol. The second-order valence-corrected chi connectivity index (χ2v) is 12.3. The number of nitrogen functional groups attached to an aromatic ring is 1. The number of ether oxygens (including phenoxy) is 1. The van der Waals surface area contributed by atoms with Crippen LogP contribution in [0.3, 0.4) is 0 Å². The fourth-order valence-corrected chi connectivity index (χ4v) is 6.92. The Morgan fingerprint density at radius 1 is 1.08 bits per heavy atom. The van der Waals surface area contributed by atoms with E-state index in [1.54, 1.807) is 13.0 Å². The molecule has 4 aromatic rings. The van der Waals surface area contributed by atoms with Gasteiger partial charge in [0.15, 0.2) is 11.6 Å². The lowest BCUT2D eigenvalue weighted by atomic mass is 9.71. The zero-order chi connectivity index (χ0) is 34.4. The molecule has 4 N–H and O–H groups in total. The molecule has 2 aliphatic heterocycles. The van der Waals surface area contributed by atoms with Gasteiger partial charge in [-0.15, -0.1) is 0 Å². The molecule has 2 saturated heterocycles. The minimum atomic E-state index is -4.93. The number of aromatic nitrogens is 4. The zero-order valence-electron chi connectivity index (χ0n) is 26.1. The molecule has 2 unspecified atom stereocenters. The van der Waals surface area contributed by atoms with Crippen molar-refractivity contribution >= 4 is 17.7 Å². The van der Waals surface area contributed by atoms with Gasteiger partial charge in [-0.1, -0.05) is 25.1 Å². The quantitative estimate of drug-likeness (QED) is 0.193. The zero-order valence-corrected chi connectivity index (χ0v) is 26.1. The van der Waals surface area contributed by atoms with Crippen LogP contribution in [-0.4, -0.2) is 62.2 Å². The highest BCUT2D eigenvalue weighted by Crippen LogP contribution is 2.46. The lowest BCUT2D eigenvalue weighted by molar-refractivity contribution is -0.198. The molecule has 15 heteroatoms. The number of carboxylic acid groups (broad SMARTS) is 1. The molecule has 1 spiro atoms. The van der Waals surface area contributed by atoms with Crippen LogP contribution in [0.5, 0.6) is 5.88 Å². The molecule has 0 saturated carbocycles. The number of nitrogens with one attached hydrogen (secondary N) is 1. The Hall–Kier alpha value is -4.79. The number of aliphatic carboxylic acids is 1. The fraction of sp³-hybridized carbons (Fsp3) is 0.394. The molecular formula is C33H34F5N7O3. The maximum atomic E-state index is 14.8. The molecule has 2 aromatic heterocycles. The number of aryl methyl sites for hydroxylation is 1. The summed E-state index contributed by atoms with van der Waals surface area (Å²) in [5.41, 5.74) is 6.58. The molecule has 10 nitrogen and oxygen atoms in total. The molecule has 48 heavy (non-hydrogen) atoms. The van der Waals surface area contributed by atoms with E-state index in [0.29, 0.717) is 49.4 Å². The summed E-state index contributed by atoms with van der Waals surface area (Å²) in [6.07, 6.45) is -3.39.